The van der Waals surface area contributed by atoms with Gasteiger partial charge >= 0.3 is 6.18 Å². The molecule has 0 bridgehead atoms. The molecule has 21 heavy (non-hydrogen) atoms. The summed E-state index contributed by atoms with van der Waals surface area (Å²) in [6, 6.07) is 9.31. The maximum Gasteiger partial charge on any atom is 0.397 e. The normalized spacial score (nSPS) is 11.0. The number of rotatable bonds is 6. The largest absolute Gasteiger partial charge is 0.397 e. The van der Waals surface area contributed by atoms with Crippen LogP contribution in [0.4, 0.5) is 13.2 Å². The Kier molecular flexibility index (Phi) is 6.20. The van der Waals surface area contributed by atoms with Crippen LogP contribution in [0.25, 0.3) is 0 Å². The third-order valence-electron chi connectivity index (χ3n) is 2.71. The van der Waals surface area contributed by atoms with Gasteiger partial charge in [-0.1, -0.05) is 30.3 Å². The van der Waals surface area contributed by atoms with Crippen molar-refractivity contribution in [1.29, 1.82) is 0 Å². The van der Waals surface area contributed by atoms with E-state index in [1.54, 1.807) is 7.05 Å². The summed E-state index contributed by atoms with van der Waals surface area (Å²) in [7, 11) is 1.60. The van der Waals surface area contributed by atoms with E-state index in [9.17, 15) is 22.8 Å². The number of alkyl halides is 3. The van der Waals surface area contributed by atoms with E-state index in [0.29, 0.717) is 6.54 Å². The minimum absolute atomic E-state index is 0.0348. The Hall–Kier alpha value is -2.05. The zero-order valence-electron chi connectivity index (χ0n) is 11.6. The highest BCUT2D eigenvalue weighted by atomic mass is 19.4. The Balaban J connectivity index is 2.29. The fourth-order valence-corrected chi connectivity index (χ4v) is 1.69. The van der Waals surface area contributed by atoms with Crippen molar-refractivity contribution in [1.82, 2.24) is 10.2 Å². The molecule has 1 aromatic carbocycles. The van der Waals surface area contributed by atoms with Gasteiger partial charge in [0.25, 0.3) is 0 Å². The van der Waals surface area contributed by atoms with Crippen molar-refractivity contribution in [3.05, 3.63) is 35.9 Å². The quantitative estimate of drug-likeness (QED) is 0.875. The van der Waals surface area contributed by atoms with Gasteiger partial charge in [-0.05, 0) is 5.56 Å². The van der Waals surface area contributed by atoms with Gasteiger partial charge in [0.2, 0.25) is 11.8 Å². The van der Waals surface area contributed by atoms with Gasteiger partial charge in [0.15, 0.2) is 0 Å². The maximum atomic E-state index is 11.9. The van der Waals surface area contributed by atoms with Gasteiger partial charge in [-0.2, -0.15) is 13.2 Å². The van der Waals surface area contributed by atoms with Crippen LogP contribution in [-0.2, 0) is 16.1 Å². The van der Waals surface area contributed by atoms with Crippen LogP contribution in [0, 0.1) is 0 Å². The summed E-state index contributed by atoms with van der Waals surface area (Å²) in [5.41, 5.74) is 0.953. The average molecular weight is 302 g/mol. The van der Waals surface area contributed by atoms with Crippen LogP contribution in [0.3, 0.4) is 0 Å². The van der Waals surface area contributed by atoms with E-state index in [1.165, 1.54) is 4.90 Å². The number of carbonyl (C=O) groups excluding carboxylic acids is 2. The highest BCUT2D eigenvalue weighted by molar-refractivity contribution is 5.79. The fourth-order valence-electron chi connectivity index (χ4n) is 1.69. The van der Waals surface area contributed by atoms with E-state index in [2.05, 4.69) is 5.32 Å². The standard InChI is InChI=1S/C14H17F3N2O2/c1-19(10-11-5-3-2-4-6-11)13(21)7-8-18-12(20)9-14(15,16)17/h2-6H,7-10H2,1H3,(H,18,20). The topological polar surface area (TPSA) is 49.4 Å². The van der Waals surface area contributed by atoms with Crippen LogP contribution in [0.15, 0.2) is 30.3 Å². The molecule has 0 heterocycles. The lowest BCUT2D eigenvalue weighted by atomic mass is 10.2. The minimum Gasteiger partial charge on any atom is -0.355 e. The number of nitrogens with one attached hydrogen (secondary N) is 1. The first-order valence-electron chi connectivity index (χ1n) is 6.39. The van der Waals surface area contributed by atoms with Gasteiger partial charge < -0.3 is 10.2 Å². The van der Waals surface area contributed by atoms with Crippen LogP contribution in [0.2, 0.25) is 0 Å². The summed E-state index contributed by atoms with van der Waals surface area (Å²) >= 11 is 0. The van der Waals surface area contributed by atoms with Crippen LogP contribution < -0.4 is 5.32 Å². The molecule has 0 aromatic heterocycles. The molecular weight excluding hydrogens is 285 g/mol. The third-order valence-corrected chi connectivity index (χ3v) is 2.71. The first kappa shape index (κ1) is 17.0. The summed E-state index contributed by atoms with van der Waals surface area (Å²) in [6.07, 6.45) is -6.09. The number of nitrogens with zero attached hydrogens (tertiary/aromatic N) is 1. The Morgan fingerprint density at radius 2 is 1.81 bits per heavy atom. The van der Waals surface area contributed by atoms with Crippen molar-refractivity contribution in [2.45, 2.75) is 25.6 Å². The monoisotopic (exact) mass is 302 g/mol. The molecule has 0 fully saturated rings. The number of benzene rings is 1. The highest BCUT2D eigenvalue weighted by Crippen LogP contribution is 2.18. The van der Waals surface area contributed by atoms with Crippen LogP contribution >= 0.6 is 0 Å². The van der Waals surface area contributed by atoms with E-state index in [0.717, 1.165) is 5.56 Å². The minimum atomic E-state index is -4.53. The molecule has 1 N–H and O–H groups in total. The van der Waals surface area contributed by atoms with E-state index in [-0.39, 0.29) is 18.9 Å². The second-order valence-electron chi connectivity index (χ2n) is 4.63. The zero-order chi connectivity index (χ0) is 15.9. The van der Waals surface area contributed by atoms with Crippen molar-refractivity contribution < 1.29 is 22.8 Å². The molecule has 0 spiro atoms. The molecule has 0 atom stereocenters. The molecule has 0 saturated carbocycles. The van der Waals surface area contributed by atoms with Crippen LogP contribution in [-0.4, -0.2) is 36.5 Å². The van der Waals surface area contributed by atoms with E-state index < -0.39 is 18.5 Å². The number of carbonyl (C=O) groups is 2. The lowest BCUT2D eigenvalue weighted by Gasteiger charge is -2.17. The summed E-state index contributed by atoms with van der Waals surface area (Å²) in [5, 5.41) is 2.08. The van der Waals surface area contributed by atoms with E-state index >= 15 is 0 Å². The lowest BCUT2D eigenvalue weighted by Crippen LogP contribution is -2.33. The molecule has 1 rings (SSSR count). The number of hydrogen-bond donors (Lipinski definition) is 1. The second kappa shape index (κ2) is 7.66. The van der Waals surface area contributed by atoms with Gasteiger partial charge in [0, 0.05) is 26.6 Å². The molecule has 0 unspecified atom stereocenters. The SMILES string of the molecule is CN(Cc1ccccc1)C(=O)CCNC(=O)CC(F)(F)F. The Labute approximate surface area is 120 Å². The van der Waals surface area contributed by atoms with Crippen molar-refractivity contribution in [3.63, 3.8) is 0 Å². The third kappa shape index (κ3) is 7.34. The fraction of sp³-hybridized carbons (Fsp3) is 0.429. The summed E-state index contributed by atoms with van der Waals surface area (Å²) in [6.45, 7) is 0.309. The molecule has 0 radical (unpaired) electrons. The van der Waals surface area contributed by atoms with Crippen molar-refractivity contribution >= 4 is 11.8 Å². The van der Waals surface area contributed by atoms with Gasteiger partial charge in [-0.15, -0.1) is 0 Å². The second-order valence-corrected chi connectivity index (χ2v) is 4.63. The molecule has 7 heteroatoms. The van der Waals surface area contributed by atoms with Crippen molar-refractivity contribution in [3.8, 4) is 0 Å². The summed E-state index contributed by atoms with van der Waals surface area (Å²) in [4.78, 5) is 24.2. The van der Waals surface area contributed by atoms with E-state index in [4.69, 9.17) is 0 Å². The zero-order valence-corrected chi connectivity index (χ0v) is 11.6. The summed E-state index contributed by atoms with van der Waals surface area (Å²) in [5.74, 6) is -1.37. The molecule has 116 valence electrons. The maximum absolute atomic E-state index is 11.9. The lowest BCUT2D eigenvalue weighted by molar-refractivity contribution is -0.153. The van der Waals surface area contributed by atoms with Gasteiger partial charge in [0.05, 0.1) is 0 Å². The number of halogens is 3. The molecule has 0 aliphatic carbocycles. The average Bonchev–Trinajstić information content (AvgIpc) is 2.37. The molecule has 1 aromatic rings. The predicted molar refractivity (Wildman–Crippen MR) is 71.2 cm³/mol. The molecule has 4 nitrogen and oxygen atoms in total. The van der Waals surface area contributed by atoms with Crippen molar-refractivity contribution in [2.75, 3.05) is 13.6 Å². The van der Waals surface area contributed by atoms with Crippen molar-refractivity contribution in [2.24, 2.45) is 0 Å². The predicted octanol–water partition coefficient (Wildman–Crippen LogP) is 2.10. The first-order valence-corrected chi connectivity index (χ1v) is 6.39. The van der Waals surface area contributed by atoms with E-state index in [1.807, 2.05) is 30.3 Å². The van der Waals surface area contributed by atoms with Gasteiger partial charge in [-0.25, -0.2) is 0 Å². The Morgan fingerprint density at radius 1 is 1.19 bits per heavy atom. The highest BCUT2D eigenvalue weighted by Gasteiger charge is 2.30. The number of amides is 2. The molecule has 0 saturated heterocycles. The van der Waals surface area contributed by atoms with Crippen LogP contribution in [0.1, 0.15) is 18.4 Å². The summed E-state index contributed by atoms with van der Waals surface area (Å²) < 4.78 is 35.8. The first-order chi connectivity index (χ1) is 9.78. The molecule has 0 aliphatic rings. The van der Waals surface area contributed by atoms with Gasteiger partial charge in [0.1, 0.15) is 6.42 Å². The Morgan fingerprint density at radius 3 is 2.38 bits per heavy atom. The molecule has 0 aliphatic heterocycles. The smallest absolute Gasteiger partial charge is 0.355 e. The Bertz CT molecular complexity index is 475. The number of hydrogen-bond acceptors (Lipinski definition) is 2. The molecule has 2 amide bonds. The van der Waals surface area contributed by atoms with Crippen LogP contribution in [0.5, 0.6) is 0 Å². The molecular formula is C14H17F3N2O2. The van der Waals surface area contributed by atoms with Gasteiger partial charge in [-0.3, -0.25) is 9.59 Å².